The number of aromatic nitrogens is 1. The molecule has 4 heteroatoms. The third-order valence-electron chi connectivity index (χ3n) is 3.81. The van der Waals surface area contributed by atoms with E-state index in [1.165, 1.54) is 0 Å². The van der Waals surface area contributed by atoms with Gasteiger partial charge in [0.05, 0.1) is 17.7 Å². The summed E-state index contributed by atoms with van der Waals surface area (Å²) in [6, 6.07) is 5.83. The molecule has 1 fully saturated rings. The smallest absolute Gasteiger partial charge is 0.227 e. The number of amides is 1. The van der Waals surface area contributed by atoms with Crippen LogP contribution in [0.3, 0.4) is 0 Å². The summed E-state index contributed by atoms with van der Waals surface area (Å²) in [5.74, 6) is 0.0887. The Morgan fingerprint density at radius 2 is 2.17 bits per heavy atom. The minimum absolute atomic E-state index is 0.0887. The molecule has 98 valence electrons. The molecular formula is C14H21N3O. The number of aryl methyl sites for hydroxylation is 1. The summed E-state index contributed by atoms with van der Waals surface area (Å²) in [7, 11) is 0. The molecule has 0 aromatic carbocycles. The van der Waals surface area contributed by atoms with Crippen LogP contribution >= 0.6 is 0 Å². The first-order chi connectivity index (χ1) is 8.66. The van der Waals surface area contributed by atoms with Gasteiger partial charge in [-0.15, -0.1) is 0 Å². The van der Waals surface area contributed by atoms with Crippen molar-refractivity contribution in [2.45, 2.75) is 39.2 Å². The second-order valence-corrected chi connectivity index (χ2v) is 5.14. The summed E-state index contributed by atoms with van der Waals surface area (Å²) in [6.07, 6.45) is 4.04. The van der Waals surface area contributed by atoms with Crippen LogP contribution in [-0.2, 0) is 11.3 Å². The molecule has 1 amide bonds. The lowest BCUT2D eigenvalue weighted by Crippen LogP contribution is -2.43. The molecule has 0 radical (unpaired) electrons. The highest BCUT2D eigenvalue weighted by molar-refractivity contribution is 5.83. The van der Waals surface area contributed by atoms with Gasteiger partial charge in [-0.25, -0.2) is 0 Å². The first-order valence-electron chi connectivity index (χ1n) is 6.57. The summed E-state index contributed by atoms with van der Waals surface area (Å²) in [4.78, 5) is 16.6. The van der Waals surface area contributed by atoms with E-state index in [2.05, 4.69) is 10.3 Å². The second kappa shape index (κ2) is 5.48. The van der Waals surface area contributed by atoms with Gasteiger partial charge in [0.25, 0.3) is 0 Å². The Morgan fingerprint density at radius 1 is 1.44 bits per heavy atom. The van der Waals surface area contributed by atoms with E-state index in [-0.39, 0.29) is 11.3 Å². The zero-order chi connectivity index (χ0) is 13.0. The SMILES string of the molecule is Cc1cccc(CNC(=O)C2(CN)CCCC2)n1. The van der Waals surface area contributed by atoms with Gasteiger partial charge in [-0.3, -0.25) is 9.78 Å². The van der Waals surface area contributed by atoms with E-state index in [1.54, 1.807) is 0 Å². The Labute approximate surface area is 108 Å². The Kier molecular flexibility index (Phi) is 3.97. The average Bonchev–Trinajstić information content (AvgIpc) is 2.86. The number of pyridine rings is 1. The van der Waals surface area contributed by atoms with E-state index in [0.717, 1.165) is 37.1 Å². The molecular weight excluding hydrogens is 226 g/mol. The van der Waals surface area contributed by atoms with Gasteiger partial charge in [0.15, 0.2) is 0 Å². The minimum atomic E-state index is -0.330. The maximum atomic E-state index is 12.2. The van der Waals surface area contributed by atoms with Crippen molar-refractivity contribution in [3.63, 3.8) is 0 Å². The van der Waals surface area contributed by atoms with Crippen molar-refractivity contribution in [2.24, 2.45) is 11.1 Å². The van der Waals surface area contributed by atoms with Crippen molar-refractivity contribution >= 4 is 5.91 Å². The van der Waals surface area contributed by atoms with Gasteiger partial charge in [0.1, 0.15) is 0 Å². The average molecular weight is 247 g/mol. The number of rotatable bonds is 4. The summed E-state index contributed by atoms with van der Waals surface area (Å²) in [5.41, 5.74) is 7.32. The van der Waals surface area contributed by atoms with E-state index in [4.69, 9.17) is 5.73 Å². The predicted octanol–water partition coefficient (Wildman–Crippen LogP) is 1.53. The minimum Gasteiger partial charge on any atom is -0.350 e. The molecule has 3 N–H and O–H groups in total. The van der Waals surface area contributed by atoms with E-state index in [1.807, 2.05) is 25.1 Å². The maximum absolute atomic E-state index is 12.2. The van der Waals surface area contributed by atoms with Crippen LogP contribution < -0.4 is 11.1 Å². The largest absolute Gasteiger partial charge is 0.350 e. The van der Waals surface area contributed by atoms with Crippen molar-refractivity contribution in [1.82, 2.24) is 10.3 Å². The van der Waals surface area contributed by atoms with Crippen LogP contribution in [0.5, 0.6) is 0 Å². The van der Waals surface area contributed by atoms with Gasteiger partial charge in [0, 0.05) is 12.2 Å². The van der Waals surface area contributed by atoms with Gasteiger partial charge >= 0.3 is 0 Å². The maximum Gasteiger partial charge on any atom is 0.227 e. The summed E-state index contributed by atoms with van der Waals surface area (Å²) >= 11 is 0. The standard InChI is InChI=1S/C14H21N3O/c1-11-5-4-6-12(17-11)9-16-13(18)14(10-15)7-2-3-8-14/h4-6H,2-3,7-10,15H2,1H3,(H,16,18). The van der Waals surface area contributed by atoms with Gasteiger partial charge in [0.2, 0.25) is 5.91 Å². The van der Waals surface area contributed by atoms with Crippen molar-refractivity contribution in [1.29, 1.82) is 0 Å². The fourth-order valence-corrected chi connectivity index (χ4v) is 2.63. The molecule has 0 saturated heterocycles. The molecule has 0 bridgehead atoms. The topological polar surface area (TPSA) is 68.0 Å². The number of nitrogens with one attached hydrogen (secondary N) is 1. The fourth-order valence-electron chi connectivity index (χ4n) is 2.63. The molecule has 1 aliphatic carbocycles. The van der Waals surface area contributed by atoms with Crippen molar-refractivity contribution in [3.8, 4) is 0 Å². The van der Waals surface area contributed by atoms with Crippen molar-refractivity contribution in [2.75, 3.05) is 6.54 Å². The first-order valence-corrected chi connectivity index (χ1v) is 6.57. The first kappa shape index (κ1) is 13.0. The number of nitrogens with zero attached hydrogens (tertiary/aromatic N) is 1. The highest BCUT2D eigenvalue weighted by Gasteiger charge is 2.39. The molecule has 0 spiro atoms. The van der Waals surface area contributed by atoms with Gasteiger partial charge in [-0.05, 0) is 31.9 Å². The number of carbonyl (C=O) groups excluding carboxylic acids is 1. The van der Waals surface area contributed by atoms with E-state index >= 15 is 0 Å². The second-order valence-electron chi connectivity index (χ2n) is 5.14. The molecule has 0 unspecified atom stereocenters. The number of carbonyl (C=O) groups is 1. The number of hydrogen-bond donors (Lipinski definition) is 2. The molecule has 1 aliphatic rings. The highest BCUT2D eigenvalue weighted by Crippen LogP contribution is 2.37. The monoisotopic (exact) mass is 247 g/mol. The Morgan fingerprint density at radius 3 is 2.78 bits per heavy atom. The van der Waals surface area contributed by atoms with Crippen LogP contribution in [-0.4, -0.2) is 17.4 Å². The number of nitrogens with two attached hydrogens (primary N) is 1. The Bertz CT molecular complexity index is 425. The number of hydrogen-bond acceptors (Lipinski definition) is 3. The zero-order valence-corrected chi connectivity index (χ0v) is 10.9. The van der Waals surface area contributed by atoms with E-state index in [9.17, 15) is 4.79 Å². The van der Waals surface area contributed by atoms with Crippen LogP contribution in [0.1, 0.15) is 37.1 Å². The molecule has 1 aromatic rings. The lowest BCUT2D eigenvalue weighted by atomic mass is 9.85. The van der Waals surface area contributed by atoms with Crippen LogP contribution in [0.2, 0.25) is 0 Å². The third kappa shape index (κ3) is 2.70. The molecule has 1 aromatic heterocycles. The molecule has 1 heterocycles. The molecule has 0 aliphatic heterocycles. The van der Waals surface area contributed by atoms with E-state index in [0.29, 0.717) is 13.1 Å². The van der Waals surface area contributed by atoms with Crippen LogP contribution in [0, 0.1) is 12.3 Å². The lowest BCUT2D eigenvalue weighted by molar-refractivity contribution is -0.130. The molecule has 2 rings (SSSR count). The van der Waals surface area contributed by atoms with Crippen LogP contribution in [0.15, 0.2) is 18.2 Å². The highest BCUT2D eigenvalue weighted by atomic mass is 16.2. The predicted molar refractivity (Wildman–Crippen MR) is 70.8 cm³/mol. The summed E-state index contributed by atoms with van der Waals surface area (Å²) in [6.45, 7) is 2.88. The van der Waals surface area contributed by atoms with Crippen LogP contribution in [0.25, 0.3) is 0 Å². The van der Waals surface area contributed by atoms with Crippen molar-refractivity contribution < 1.29 is 4.79 Å². The molecule has 0 atom stereocenters. The fraction of sp³-hybridized carbons (Fsp3) is 0.571. The molecule has 1 saturated carbocycles. The van der Waals surface area contributed by atoms with Crippen LogP contribution in [0.4, 0.5) is 0 Å². The quantitative estimate of drug-likeness (QED) is 0.847. The normalized spacial score (nSPS) is 17.7. The summed E-state index contributed by atoms with van der Waals surface area (Å²) in [5, 5.41) is 2.98. The summed E-state index contributed by atoms with van der Waals surface area (Å²) < 4.78 is 0. The molecule has 4 nitrogen and oxygen atoms in total. The Balaban J connectivity index is 1.95. The van der Waals surface area contributed by atoms with Gasteiger partial charge < -0.3 is 11.1 Å². The van der Waals surface area contributed by atoms with E-state index < -0.39 is 0 Å². The van der Waals surface area contributed by atoms with Gasteiger partial charge in [-0.2, -0.15) is 0 Å². The van der Waals surface area contributed by atoms with Crippen molar-refractivity contribution in [3.05, 3.63) is 29.6 Å². The third-order valence-corrected chi connectivity index (χ3v) is 3.81. The lowest BCUT2D eigenvalue weighted by Gasteiger charge is -2.25. The molecule has 18 heavy (non-hydrogen) atoms. The Hall–Kier alpha value is -1.42. The zero-order valence-electron chi connectivity index (χ0n) is 10.9. The van der Waals surface area contributed by atoms with Gasteiger partial charge in [-0.1, -0.05) is 18.9 Å².